The number of nitrogens with two attached hydrogens (primary N) is 2. The quantitative estimate of drug-likeness (QED) is 0.153. The lowest BCUT2D eigenvalue weighted by molar-refractivity contribution is -0.144. The first-order valence-electron chi connectivity index (χ1n) is 11.1. The summed E-state index contributed by atoms with van der Waals surface area (Å²) < 4.78 is 39.1. The summed E-state index contributed by atoms with van der Waals surface area (Å²) in [7, 11) is -2.67. The van der Waals surface area contributed by atoms with Gasteiger partial charge in [0.1, 0.15) is 12.3 Å². The molecule has 1 heterocycles. The highest BCUT2D eigenvalue weighted by Crippen LogP contribution is 2.32. The van der Waals surface area contributed by atoms with Crippen LogP contribution in [-0.2, 0) is 26.1 Å². The Kier molecular flexibility index (Phi) is 10.9. The fourth-order valence-corrected chi connectivity index (χ4v) is 5.03. The molecular weight excluding hydrogens is 541 g/mol. The topological polar surface area (TPSA) is 150 Å². The number of fused-ring (bicyclic) bond motifs is 1. The van der Waals surface area contributed by atoms with E-state index >= 15 is 0 Å². The Balaban J connectivity index is 0.00000481. The van der Waals surface area contributed by atoms with Crippen LogP contribution in [0.25, 0.3) is 10.8 Å². The Labute approximate surface area is 227 Å². The molecule has 0 atom stereocenters. The predicted molar refractivity (Wildman–Crippen MR) is 146 cm³/mol. The second kappa shape index (κ2) is 13.4. The molecule has 3 rings (SSSR count). The SMILES string of the molecule is CCCCOC(=O)CN(Cc1cccc(OC)c1)S(=O)(=O)c1ccc2c(Cl)cnc(N=C(N)N)c2c1.Cl. The zero-order chi connectivity index (χ0) is 26.3. The molecule has 3 aromatic rings. The minimum Gasteiger partial charge on any atom is -0.497 e. The lowest BCUT2D eigenvalue weighted by Gasteiger charge is -2.22. The zero-order valence-electron chi connectivity index (χ0n) is 20.4. The maximum atomic E-state index is 13.8. The summed E-state index contributed by atoms with van der Waals surface area (Å²) in [6, 6.07) is 11.3. The van der Waals surface area contributed by atoms with Gasteiger partial charge in [0.25, 0.3) is 0 Å². The number of ether oxygens (including phenoxy) is 2. The van der Waals surface area contributed by atoms with Crippen molar-refractivity contribution >= 4 is 62.6 Å². The van der Waals surface area contributed by atoms with E-state index in [-0.39, 0.29) is 42.2 Å². The summed E-state index contributed by atoms with van der Waals surface area (Å²) >= 11 is 6.25. The maximum absolute atomic E-state index is 13.8. The Morgan fingerprint density at radius 2 is 1.92 bits per heavy atom. The monoisotopic (exact) mass is 569 g/mol. The van der Waals surface area contributed by atoms with Crippen molar-refractivity contribution in [2.24, 2.45) is 16.5 Å². The molecule has 0 aliphatic carbocycles. The number of aliphatic imine (C=N–C) groups is 1. The van der Waals surface area contributed by atoms with Gasteiger partial charge in [-0.15, -0.1) is 12.4 Å². The van der Waals surface area contributed by atoms with Gasteiger partial charge in [-0.3, -0.25) is 4.79 Å². The smallest absolute Gasteiger partial charge is 0.321 e. The van der Waals surface area contributed by atoms with E-state index in [2.05, 4.69) is 9.98 Å². The first kappa shape index (κ1) is 30.1. The summed E-state index contributed by atoms with van der Waals surface area (Å²) in [4.78, 5) is 20.5. The molecule has 200 valence electrons. The fourth-order valence-electron chi connectivity index (χ4n) is 3.41. The van der Waals surface area contributed by atoms with Crippen LogP contribution < -0.4 is 16.2 Å². The molecule has 1 aromatic heterocycles. The van der Waals surface area contributed by atoms with Gasteiger partial charge in [-0.2, -0.15) is 9.30 Å². The van der Waals surface area contributed by atoms with Crippen molar-refractivity contribution in [2.45, 2.75) is 31.2 Å². The van der Waals surface area contributed by atoms with Crippen LogP contribution in [0.5, 0.6) is 5.75 Å². The molecule has 2 aromatic carbocycles. The highest BCUT2D eigenvalue weighted by atomic mass is 35.5. The standard InChI is InChI=1S/C24H28ClN5O5S.ClH/c1-3-4-10-35-22(31)15-30(14-16-6-5-7-17(11-16)34-2)36(32,33)18-8-9-19-20(12-18)23(29-24(26)27)28-13-21(19)25;/h5-9,11-13H,3-4,10,14-15H2,1-2H3,(H4,26,27,28,29);1H. The van der Waals surface area contributed by atoms with Crippen molar-refractivity contribution in [2.75, 3.05) is 20.3 Å². The third-order valence-electron chi connectivity index (χ3n) is 5.22. The van der Waals surface area contributed by atoms with Gasteiger partial charge in [-0.25, -0.2) is 13.4 Å². The predicted octanol–water partition coefficient (Wildman–Crippen LogP) is 3.76. The van der Waals surface area contributed by atoms with Gasteiger partial charge in [-0.05, 0) is 36.2 Å². The van der Waals surface area contributed by atoms with Crippen molar-refractivity contribution < 1.29 is 22.7 Å². The minimum atomic E-state index is -4.18. The molecule has 13 heteroatoms. The van der Waals surface area contributed by atoms with Crippen molar-refractivity contribution in [1.82, 2.24) is 9.29 Å². The lowest BCUT2D eigenvalue weighted by atomic mass is 10.1. The van der Waals surface area contributed by atoms with Crippen LogP contribution in [0.4, 0.5) is 5.82 Å². The van der Waals surface area contributed by atoms with E-state index in [1.807, 2.05) is 6.92 Å². The Morgan fingerprint density at radius 1 is 1.16 bits per heavy atom. The number of esters is 1. The van der Waals surface area contributed by atoms with E-state index in [0.717, 1.165) is 10.7 Å². The number of pyridine rings is 1. The highest BCUT2D eigenvalue weighted by Gasteiger charge is 2.28. The number of guanidine groups is 1. The molecule has 0 saturated carbocycles. The molecule has 0 aliphatic heterocycles. The van der Waals surface area contributed by atoms with Gasteiger partial charge >= 0.3 is 5.97 Å². The highest BCUT2D eigenvalue weighted by molar-refractivity contribution is 7.89. The molecular formula is C24H29Cl2N5O5S. The number of hydrogen-bond acceptors (Lipinski definition) is 7. The molecule has 4 N–H and O–H groups in total. The van der Waals surface area contributed by atoms with E-state index in [4.69, 9.17) is 32.5 Å². The number of hydrogen-bond donors (Lipinski definition) is 2. The largest absolute Gasteiger partial charge is 0.497 e. The molecule has 0 saturated heterocycles. The molecule has 0 amide bonds. The van der Waals surface area contributed by atoms with Crippen LogP contribution in [0.3, 0.4) is 0 Å². The average molecular weight is 570 g/mol. The van der Waals surface area contributed by atoms with Gasteiger partial charge in [0.05, 0.1) is 23.6 Å². The maximum Gasteiger partial charge on any atom is 0.321 e. The first-order valence-corrected chi connectivity index (χ1v) is 12.9. The number of rotatable bonds is 11. The number of carbonyl (C=O) groups excluding carboxylic acids is 1. The van der Waals surface area contributed by atoms with Crippen molar-refractivity contribution in [3.05, 3.63) is 59.2 Å². The van der Waals surface area contributed by atoms with Crippen molar-refractivity contribution in [1.29, 1.82) is 0 Å². The normalized spacial score (nSPS) is 11.1. The summed E-state index contributed by atoms with van der Waals surface area (Å²) in [5.41, 5.74) is 11.6. The molecule has 10 nitrogen and oxygen atoms in total. The second-order valence-electron chi connectivity index (χ2n) is 7.87. The van der Waals surface area contributed by atoms with E-state index in [0.29, 0.717) is 33.5 Å². The van der Waals surface area contributed by atoms with Crippen LogP contribution in [-0.4, -0.2) is 49.9 Å². The van der Waals surface area contributed by atoms with Crippen LogP contribution >= 0.6 is 24.0 Å². The van der Waals surface area contributed by atoms with Crippen LogP contribution in [0.1, 0.15) is 25.3 Å². The molecule has 0 spiro atoms. The van der Waals surface area contributed by atoms with E-state index in [1.165, 1.54) is 25.4 Å². The molecule has 0 radical (unpaired) electrons. The number of sulfonamides is 1. The lowest BCUT2D eigenvalue weighted by Crippen LogP contribution is -2.36. The van der Waals surface area contributed by atoms with Gasteiger partial charge < -0.3 is 20.9 Å². The summed E-state index contributed by atoms with van der Waals surface area (Å²) in [6.45, 7) is 1.61. The summed E-state index contributed by atoms with van der Waals surface area (Å²) in [6.07, 6.45) is 2.90. The number of benzene rings is 2. The summed E-state index contributed by atoms with van der Waals surface area (Å²) in [5, 5.41) is 1.16. The van der Waals surface area contributed by atoms with Gasteiger partial charge in [-0.1, -0.05) is 43.1 Å². The molecule has 0 aliphatic rings. The number of aromatic nitrogens is 1. The van der Waals surface area contributed by atoms with Crippen LogP contribution in [0.2, 0.25) is 5.02 Å². The van der Waals surface area contributed by atoms with Crippen LogP contribution in [0.15, 0.2) is 58.5 Å². The van der Waals surface area contributed by atoms with Crippen molar-refractivity contribution in [3.63, 3.8) is 0 Å². The van der Waals surface area contributed by atoms with Crippen LogP contribution in [0, 0.1) is 0 Å². The van der Waals surface area contributed by atoms with E-state index in [1.54, 1.807) is 30.3 Å². The third-order valence-corrected chi connectivity index (χ3v) is 7.31. The van der Waals surface area contributed by atoms with Gasteiger partial charge in [0.2, 0.25) is 10.0 Å². The Hall–Kier alpha value is -3.12. The number of nitrogens with zero attached hydrogens (tertiary/aromatic N) is 3. The Morgan fingerprint density at radius 3 is 2.59 bits per heavy atom. The third kappa shape index (κ3) is 7.68. The fraction of sp³-hybridized carbons (Fsp3) is 0.292. The van der Waals surface area contributed by atoms with Gasteiger partial charge in [0.15, 0.2) is 11.8 Å². The van der Waals surface area contributed by atoms with E-state index in [9.17, 15) is 13.2 Å². The Bertz CT molecular complexity index is 1380. The van der Waals surface area contributed by atoms with Crippen molar-refractivity contribution in [3.8, 4) is 5.75 Å². The second-order valence-corrected chi connectivity index (χ2v) is 10.2. The molecule has 0 bridgehead atoms. The average Bonchev–Trinajstić information content (AvgIpc) is 2.85. The minimum absolute atomic E-state index is 0. The number of methoxy groups -OCH3 is 1. The summed E-state index contributed by atoms with van der Waals surface area (Å²) in [5.74, 6) is -0.219. The first-order chi connectivity index (χ1) is 17.1. The number of carbonyl (C=O) groups is 1. The van der Waals surface area contributed by atoms with Gasteiger partial charge in [0, 0.05) is 23.5 Å². The molecule has 0 fully saturated rings. The molecule has 0 unspecified atom stereocenters. The number of unbranched alkanes of at least 4 members (excludes halogenated alkanes) is 1. The number of halogens is 2. The molecule has 37 heavy (non-hydrogen) atoms. The van der Waals surface area contributed by atoms with E-state index < -0.39 is 22.5 Å². The zero-order valence-corrected chi connectivity index (χ0v) is 22.8.